The van der Waals surface area contributed by atoms with Gasteiger partial charge in [0.1, 0.15) is 13.2 Å². The first-order valence-corrected chi connectivity index (χ1v) is 29.0. The third-order valence-electron chi connectivity index (χ3n) is 12.2. The largest absolute Gasteiger partial charge is 0.472 e. The fourth-order valence-corrected chi connectivity index (χ4v) is 8.63. The Morgan fingerprint density at radius 1 is 0.508 bits per heavy atom. The van der Waals surface area contributed by atoms with Crippen molar-refractivity contribution >= 4 is 13.7 Å². The molecule has 0 aromatic carbocycles. The molecule has 3 atom stereocenters. The number of allylic oxidation sites excluding steroid dienone is 7. The molecular weight excluding hydrogens is 828 g/mol. The number of carbonyl (C=O) groups is 1. The molecule has 0 spiro atoms. The lowest BCUT2D eigenvalue weighted by molar-refractivity contribution is -0.870. The van der Waals surface area contributed by atoms with Crippen molar-refractivity contribution in [2.45, 2.75) is 264 Å². The standard InChI is InChI=1S/C56H107N2O6P/c1-6-8-10-12-14-16-18-20-22-23-24-25-26-27-28-29-30-31-32-33-34-35-36-38-40-42-44-46-48-50-56(60)57-54(53-64-65(61,62)63-52-51-58(3,4)5)55(59)49-47-45-43-41-39-37-21-19-17-15-13-11-9-7-2/h17,19,27-28,39,41,47,49,54-55,59H,6-16,18,20-26,29-38,40,42-46,48,50-53H2,1-5H3,(H-,57,60,61,62)/p+1/b19-17+,28-27-,41-39+,49-47+. The van der Waals surface area contributed by atoms with E-state index in [1.807, 2.05) is 27.2 Å². The minimum atomic E-state index is -4.35. The normalized spacial score (nSPS) is 14.4. The van der Waals surface area contributed by atoms with Crippen LogP contribution in [-0.2, 0) is 18.4 Å². The van der Waals surface area contributed by atoms with Gasteiger partial charge in [-0.15, -0.1) is 0 Å². The number of amides is 1. The van der Waals surface area contributed by atoms with Crippen molar-refractivity contribution in [2.75, 3.05) is 40.9 Å². The Kier molecular flexibility index (Phi) is 46.4. The molecule has 382 valence electrons. The van der Waals surface area contributed by atoms with Crippen LogP contribution in [0.1, 0.15) is 251 Å². The molecule has 0 bridgehead atoms. The molecule has 0 aromatic heterocycles. The minimum Gasteiger partial charge on any atom is -0.387 e. The lowest BCUT2D eigenvalue weighted by Crippen LogP contribution is -2.45. The van der Waals surface area contributed by atoms with Crippen molar-refractivity contribution in [1.82, 2.24) is 5.32 Å². The Morgan fingerprint density at radius 3 is 1.25 bits per heavy atom. The summed E-state index contributed by atoms with van der Waals surface area (Å²) >= 11 is 0. The van der Waals surface area contributed by atoms with Gasteiger partial charge in [0, 0.05) is 6.42 Å². The van der Waals surface area contributed by atoms with Crippen LogP contribution >= 0.6 is 7.82 Å². The number of carbonyl (C=O) groups excluding carboxylic acids is 1. The molecule has 0 radical (unpaired) electrons. The van der Waals surface area contributed by atoms with Gasteiger partial charge >= 0.3 is 7.82 Å². The quantitative estimate of drug-likeness (QED) is 0.0243. The maximum atomic E-state index is 12.9. The van der Waals surface area contributed by atoms with Gasteiger partial charge in [0.15, 0.2) is 0 Å². The predicted molar refractivity (Wildman–Crippen MR) is 281 cm³/mol. The fraction of sp³-hybridized carbons (Fsp3) is 0.839. The van der Waals surface area contributed by atoms with Crippen molar-refractivity contribution in [1.29, 1.82) is 0 Å². The Bertz CT molecular complexity index is 1200. The number of nitrogens with zero attached hydrogens (tertiary/aromatic N) is 1. The van der Waals surface area contributed by atoms with E-state index in [0.29, 0.717) is 17.4 Å². The van der Waals surface area contributed by atoms with E-state index in [9.17, 15) is 19.4 Å². The minimum absolute atomic E-state index is 0.0532. The summed E-state index contributed by atoms with van der Waals surface area (Å²) in [7, 11) is 1.55. The second-order valence-electron chi connectivity index (χ2n) is 19.9. The number of hydrogen-bond acceptors (Lipinski definition) is 5. The summed E-state index contributed by atoms with van der Waals surface area (Å²) in [6.07, 6.45) is 62.2. The van der Waals surface area contributed by atoms with Crippen LogP contribution in [0.15, 0.2) is 48.6 Å². The van der Waals surface area contributed by atoms with Crippen LogP contribution < -0.4 is 5.32 Å². The predicted octanol–water partition coefficient (Wildman–Crippen LogP) is 16.4. The molecule has 0 aromatic rings. The molecule has 3 N–H and O–H groups in total. The number of rotatable bonds is 50. The smallest absolute Gasteiger partial charge is 0.387 e. The van der Waals surface area contributed by atoms with Crippen LogP contribution in [0.5, 0.6) is 0 Å². The summed E-state index contributed by atoms with van der Waals surface area (Å²) in [5, 5.41) is 13.8. The van der Waals surface area contributed by atoms with Gasteiger partial charge in [0.05, 0.1) is 39.9 Å². The van der Waals surface area contributed by atoms with E-state index in [1.54, 1.807) is 6.08 Å². The van der Waals surface area contributed by atoms with Gasteiger partial charge in [0.25, 0.3) is 0 Å². The number of hydrogen-bond donors (Lipinski definition) is 3. The van der Waals surface area contributed by atoms with Crippen molar-refractivity contribution in [3.8, 4) is 0 Å². The Labute approximate surface area is 403 Å². The van der Waals surface area contributed by atoms with Gasteiger partial charge in [-0.25, -0.2) is 4.57 Å². The first-order chi connectivity index (χ1) is 31.5. The summed E-state index contributed by atoms with van der Waals surface area (Å²) in [4.78, 5) is 23.2. The number of phosphoric acid groups is 1. The molecule has 0 saturated carbocycles. The van der Waals surface area contributed by atoms with Crippen LogP contribution in [0.3, 0.4) is 0 Å². The highest BCUT2D eigenvalue weighted by atomic mass is 31.2. The molecule has 65 heavy (non-hydrogen) atoms. The summed E-state index contributed by atoms with van der Waals surface area (Å²) in [5.74, 6) is -0.191. The summed E-state index contributed by atoms with van der Waals surface area (Å²) in [5.41, 5.74) is 0. The van der Waals surface area contributed by atoms with Crippen LogP contribution in [0.25, 0.3) is 0 Å². The van der Waals surface area contributed by atoms with Crippen LogP contribution in [0.4, 0.5) is 0 Å². The van der Waals surface area contributed by atoms with Gasteiger partial charge in [-0.2, -0.15) is 0 Å². The summed E-state index contributed by atoms with van der Waals surface area (Å²) < 4.78 is 23.6. The van der Waals surface area contributed by atoms with E-state index in [4.69, 9.17) is 9.05 Å². The number of likely N-dealkylation sites (N-methyl/N-ethyl adjacent to an activating group) is 1. The maximum absolute atomic E-state index is 12.9. The molecule has 9 heteroatoms. The molecule has 8 nitrogen and oxygen atoms in total. The average molecular weight is 936 g/mol. The molecule has 3 unspecified atom stereocenters. The van der Waals surface area contributed by atoms with Crippen molar-refractivity contribution in [2.24, 2.45) is 0 Å². The summed E-state index contributed by atoms with van der Waals surface area (Å²) in [6.45, 7) is 4.78. The third-order valence-corrected chi connectivity index (χ3v) is 13.2. The molecule has 0 heterocycles. The zero-order chi connectivity index (χ0) is 47.8. The van der Waals surface area contributed by atoms with E-state index in [-0.39, 0.29) is 19.1 Å². The zero-order valence-corrected chi connectivity index (χ0v) is 44.4. The highest BCUT2D eigenvalue weighted by Crippen LogP contribution is 2.43. The Balaban J connectivity index is 4.14. The van der Waals surface area contributed by atoms with E-state index in [2.05, 4.69) is 55.6 Å². The van der Waals surface area contributed by atoms with Crippen LogP contribution in [0.2, 0.25) is 0 Å². The van der Waals surface area contributed by atoms with Gasteiger partial charge < -0.3 is 19.8 Å². The van der Waals surface area contributed by atoms with Gasteiger partial charge in [0.2, 0.25) is 5.91 Å². The lowest BCUT2D eigenvalue weighted by Gasteiger charge is -2.25. The zero-order valence-electron chi connectivity index (χ0n) is 43.5. The molecular formula is C56H108N2O6P+. The average Bonchev–Trinajstić information content (AvgIpc) is 3.26. The van der Waals surface area contributed by atoms with Crippen LogP contribution in [0, 0.1) is 0 Å². The first-order valence-electron chi connectivity index (χ1n) is 27.5. The van der Waals surface area contributed by atoms with E-state index in [0.717, 1.165) is 44.9 Å². The second kappa shape index (κ2) is 47.5. The summed E-state index contributed by atoms with van der Waals surface area (Å²) in [6, 6.07) is -0.869. The number of unbranched alkanes of at least 4 members (excludes halogenated alkanes) is 31. The maximum Gasteiger partial charge on any atom is 0.472 e. The number of phosphoric ester groups is 1. The Morgan fingerprint density at radius 2 is 0.846 bits per heavy atom. The SMILES string of the molecule is CCCCCC/C=C/CC/C=C/CC/C=C/C(O)C(COP(=O)(O)OCC[N+](C)(C)C)NC(=O)CCCCCCCCCCCCCCC/C=C\CCCCCCCCCCCCCC. The lowest BCUT2D eigenvalue weighted by atomic mass is 10.0. The second-order valence-corrected chi connectivity index (χ2v) is 21.4. The van der Waals surface area contributed by atoms with Crippen molar-refractivity contribution in [3.63, 3.8) is 0 Å². The topological polar surface area (TPSA) is 105 Å². The highest BCUT2D eigenvalue weighted by molar-refractivity contribution is 7.47. The van der Waals surface area contributed by atoms with Gasteiger partial charge in [-0.3, -0.25) is 13.8 Å². The molecule has 0 fully saturated rings. The number of aliphatic hydroxyl groups excluding tert-OH is 1. The first kappa shape index (κ1) is 63.5. The molecule has 0 rings (SSSR count). The molecule has 0 aliphatic carbocycles. The molecule has 1 amide bonds. The van der Waals surface area contributed by atoms with Gasteiger partial charge in [-0.1, -0.05) is 223 Å². The monoisotopic (exact) mass is 936 g/mol. The van der Waals surface area contributed by atoms with E-state index in [1.165, 1.54) is 186 Å². The van der Waals surface area contributed by atoms with Crippen LogP contribution in [-0.4, -0.2) is 73.4 Å². The third kappa shape index (κ3) is 50.2. The molecule has 0 saturated heterocycles. The van der Waals surface area contributed by atoms with Crippen molar-refractivity contribution in [3.05, 3.63) is 48.6 Å². The molecule has 0 aliphatic heterocycles. The fourth-order valence-electron chi connectivity index (χ4n) is 7.89. The van der Waals surface area contributed by atoms with E-state index < -0.39 is 20.0 Å². The number of nitrogens with one attached hydrogen (secondary N) is 1. The van der Waals surface area contributed by atoms with Crippen molar-refractivity contribution < 1.29 is 32.9 Å². The molecule has 0 aliphatic rings. The Hall–Kier alpha value is -1.54. The highest BCUT2D eigenvalue weighted by Gasteiger charge is 2.27. The number of quaternary nitrogens is 1. The van der Waals surface area contributed by atoms with Gasteiger partial charge in [-0.05, 0) is 70.6 Å². The number of aliphatic hydroxyl groups is 1. The van der Waals surface area contributed by atoms with E-state index >= 15 is 0 Å².